The first-order valence-corrected chi connectivity index (χ1v) is 12.5. The van der Waals surface area contributed by atoms with Crippen LogP contribution in [0.1, 0.15) is 96.8 Å². The smallest absolute Gasteiger partial charge is 0.227 e. The number of para-hydroxylation sites is 1. The minimum absolute atomic E-state index is 0.0105. The van der Waals surface area contributed by atoms with Crippen LogP contribution >= 0.6 is 0 Å². The van der Waals surface area contributed by atoms with Gasteiger partial charge in [-0.3, -0.25) is 4.79 Å². The lowest BCUT2D eigenvalue weighted by molar-refractivity contribution is -0.119. The Labute approximate surface area is 190 Å². The van der Waals surface area contributed by atoms with Crippen molar-refractivity contribution in [3.05, 3.63) is 42.5 Å². The molecule has 4 heteroatoms. The molecule has 1 atom stereocenters. The van der Waals surface area contributed by atoms with Gasteiger partial charge in [-0.05, 0) is 44.2 Å². The van der Waals surface area contributed by atoms with Crippen LogP contribution in [0.4, 0.5) is 5.69 Å². The molecule has 0 bridgehead atoms. The van der Waals surface area contributed by atoms with Gasteiger partial charge in [0.15, 0.2) is 0 Å². The molecule has 1 aromatic carbocycles. The number of hydrogen-bond donors (Lipinski definition) is 2. The Hall–Kier alpha value is -1.65. The van der Waals surface area contributed by atoms with Crippen molar-refractivity contribution in [3.63, 3.8) is 0 Å². The average molecular weight is 432 g/mol. The number of nitrogens with zero attached hydrogens (tertiary/aromatic N) is 1. The van der Waals surface area contributed by atoms with Crippen LogP contribution < -0.4 is 4.90 Å². The summed E-state index contributed by atoms with van der Waals surface area (Å²) in [6.45, 7) is 2.04. The van der Waals surface area contributed by atoms with Gasteiger partial charge in [0.25, 0.3) is 0 Å². The molecule has 0 spiro atoms. The van der Waals surface area contributed by atoms with Gasteiger partial charge in [-0.15, -0.1) is 0 Å². The van der Waals surface area contributed by atoms with Crippen molar-refractivity contribution in [3.8, 4) is 0 Å². The lowest BCUT2D eigenvalue weighted by Gasteiger charge is -2.25. The van der Waals surface area contributed by atoms with E-state index in [2.05, 4.69) is 19.1 Å². The van der Waals surface area contributed by atoms with E-state index in [0.717, 1.165) is 31.4 Å². The zero-order valence-corrected chi connectivity index (χ0v) is 19.7. The van der Waals surface area contributed by atoms with Crippen molar-refractivity contribution in [2.45, 2.75) is 103 Å². The van der Waals surface area contributed by atoms with E-state index in [-0.39, 0.29) is 19.1 Å². The number of unbranched alkanes of at least 4 members (excludes halogenated alkanes) is 11. The summed E-state index contributed by atoms with van der Waals surface area (Å²) in [4.78, 5) is 14.2. The molecule has 1 amide bonds. The Morgan fingerprint density at radius 3 is 2.00 bits per heavy atom. The van der Waals surface area contributed by atoms with Crippen LogP contribution in [0, 0.1) is 0 Å². The van der Waals surface area contributed by atoms with Crippen molar-refractivity contribution in [2.75, 3.05) is 18.1 Å². The maximum absolute atomic E-state index is 12.7. The summed E-state index contributed by atoms with van der Waals surface area (Å²) < 4.78 is 0. The van der Waals surface area contributed by atoms with Gasteiger partial charge in [-0.25, -0.2) is 0 Å². The molecule has 2 N–H and O–H groups in total. The fourth-order valence-electron chi connectivity index (χ4n) is 3.71. The third-order valence-corrected chi connectivity index (χ3v) is 5.63. The fraction of sp³-hybridized carbons (Fsp3) is 0.667. The topological polar surface area (TPSA) is 60.8 Å². The molecule has 0 fully saturated rings. The molecule has 0 aliphatic carbocycles. The number of anilines is 1. The van der Waals surface area contributed by atoms with Crippen molar-refractivity contribution < 1.29 is 15.0 Å². The number of aliphatic hydroxyl groups excluding tert-OH is 2. The summed E-state index contributed by atoms with van der Waals surface area (Å²) >= 11 is 0. The average Bonchev–Trinajstić information content (AvgIpc) is 2.80. The normalized spacial score (nSPS) is 12.4. The highest BCUT2D eigenvalue weighted by Crippen LogP contribution is 2.17. The minimum Gasteiger partial charge on any atom is -0.394 e. The van der Waals surface area contributed by atoms with E-state index in [0.29, 0.717) is 6.42 Å². The number of benzene rings is 1. The summed E-state index contributed by atoms with van der Waals surface area (Å²) in [5, 5.41) is 18.9. The van der Waals surface area contributed by atoms with Gasteiger partial charge >= 0.3 is 0 Å². The number of carbonyl (C=O) groups is 1. The molecule has 0 saturated heterocycles. The Kier molecular flexibility index (Phi) is 16.8. The maximum Gasteiger partial charge on any atom is 0.227 e. The monoisotopic (exact) mass is 431 g/mol. The van der Waals surface area contributed by atoms with Gasteiger partial charge in [0.05, 0.1) is 19.3 Å². The van der Waals surface area contributed by atoms with Gasteiger partial charge in [0.2, 0.25) is 5.91 Å². The number of carbonyl (C=O) groups excluding carboxylic acids is 1. The van der Waals surface area contributed by atoms with Crippen LogP contribution in [0.5, 0.6) is 0 Å². The Morgan fingerprint density at radius 2 is 1.42 bits per heavy atom. The summed E-state index contributed by atoms with van der Waals surface area (Å²) in [7, 11) is 0. The molecule has 0 aromatic heterocycles. The van der Waals surface area contributed by atoms with E-state index in [1.165, 1.54) is 57.8 Å². The Bertz CT molecular complexity index is 573. The number of rotatable bonds is 19. The second-order valence-corrected chi connectivity index (χ2v) is 8.51. The molecule has 1 rings (SSSR count). The molecule has 31 heavy (non-hydrogen) atoms. The zero-order valence-electron chi connectivity index (χ0n) is 19.7. The van der Waals surface area contributed by atoms with Crippen molar-refractivity contribution in [1.29, 1.82) is 0 Å². The van der Waals surface area contributed by atoms with Gasteiger partial charge in [-0.2, -0.15) is 0 Å². The van der Waals surface area contributed by atoms with Crippen LogP contribution in [0.15, 0.2) is 42.5 Å². The quantitative estimate of drug-likeness (QED) is 0.196. The largest absolute Gasteiger partial charge is 0.394 e. The second-order valence-electron chi connectivity index (χ2n) is 8.51. The molecule has 0 saturated carbocycles. The number of aliphatic hydroxyl groups is 2. The molecule has 1 aromatic rings. The van der Waals surface area contributed by atoms with Gasteiger partial charge in [-0.1, -0.05) is 88.6 Å². The minimum atomic E-state index is -0.918. The summed E-state index contributed by atoms with van der Waals surface area (Å²) in [5.41, 5.74) is 0.771. The predicted molar refractivity (Wildman–Crippen MR) is 131 cm³/mol. The standard InChI is InChI=1S/C27H45NO3/c1-2-3-4-5-6-7-8-9-10-11-12-13-14-15-19-22-27(31)28(23-26(30)24-29)25-20-17-16-18-21-25/h9-10,16-18,20-21,26,29-30H,2-8,11-15,19,22-24H2,1H3/b10-9-. The van der Waals surface area contributed by atoms with E-state index in [4.69, 9.17) is 5.11 Å². The van der Waals surface area contributed by atoms with Crippen LogP contribution in [-0.2, 0) is 4.79 Å². The first-order valence-electron chi connectivity index (χ1n) is 12.5. The molecular weight excluding hydrogens is 386 g/mol. The molecule has 176 valence electrons. The summed E-state index contributed by atoms with van der Waals surface area (Å²) in [6, 6.07) is 9.38. The predicted octanol–water partition coefficient (Wildman–Crippen LogP) is 6.41. The van der Waals surface area contributed by atoms with Crippen LogP contribution in [-0.4, -0.2) is 35.4 Å². The van der Waals surface area contributed by atoms with Gasteiger partial charge in [0.1, 0.15) is 0 Å². The number of allylic oxidation sites excluding steroid dienone is 2. The molecule has 0 aliphatic heterocycles. The third kappa shape index (κ3) is 14.1. The molecule has 0 aliphatic rings. The fourth-order valence-corrected chi connectivity index (χ4v) is 3.71. The zero-order chi connectivity index (χ0) is 22.6. The maximum atomic E-state index is 12.7. The Morgan fingerprint density at radius 1 is 0.871 bits per heavy atom. The Balaban J connectivity index is 2.10. The molecule has 0 radical (unpaired) electrons. The van der Waals surface area contributed by atoms with E-state index in [1.54, 1.807) is 4.90 Å². The highest BCUT2D eigenvalue weighted by atomic mass is 16.3. The van der Waals surface area contributed by atoms with E-state index in [9.17, 15) is 9.90 Å². The number of hydrogen-bond acceptors (Lipinski definition) is 3. The SMILES string of the molecule is CCCCCCCC/C=C\CCCCCCCC(=O)N(CC(O)CO)c1ccccc1. The number of amides is 1. The van der Waals surface area contributed by atoms with Crippen LogP contribution in [0.25, 0.3) is 0 Å². The van der Waals surface area contributed by atoms with Crippen molar-refractivity contribution >= 4 is 11.6 Å². The first-order chi connectivity index (χ1) is 15.2. The highest BCUT2D eigenvalue weighted by Gasteiger charge is 2.18. The van der Waals surface area contributed by atoms with Crippen molar-refractivity contribution in [2.24, 2.45) is 0 Å². The lowest BCUT2D eigenvalue weighted by atomic mass is 10.1. The van der Waals surface area contributed by atoms with Crippen LogP contribution in [0.2, 0.25) is 0 Å². The van der Waals surface area contributed by atoms with Crippen LogP contribution in [0.3, 0.4) is 0 Å². The third-order valence-electron chi connectivity index (χ3n) is 5.63. The lowest BCUT2D eigenvalue weighted by Crippen LogP contribution is -2.38. The van der Waals surface area contributed by atoms with Gasteiger partial charge in [0, 0.05) is 12.1 Å². The first kappa shape index (κ1) is 27.4. The molecule has 1 unspecified atom stereocenters. The summed E-state index contributed by atoms with van der Waals surface area (Å²) in [6.07, 6.45) is 20.3. The molecular formula is C27H45NO3. The van der Waals surface area contributed by atoms with Gasteiger partial charge < -0.3 is 15.1 Å². The molecule has 4 nitrogen and oxygen atoms in total. The summed E-state index contributed by atoms with van der Waals surface area (Å²) in [5.74, 6) is 0.0105. The van der Waals surface area contributed by atoms with E-state index < -0.39 is 6.10 Å². The van der Waals surface area contributed by atoms with E-state index >= 15 is 0 Å². The second kappa shape index (κ2) is 19.1. The molecule has 0 heterocycles. The van der Waals surface area contributed by atoms with E-state index in [1.807, 2.05) is 30.3 Å². The highest BCUT2D eigenvalue weighted by molar-refractivity contribution is 5.93. The van der Waals surface area contributed by atoms with Crippen molar-refractivity contribution in [1.82, 2.24) is 0 Å².